The van der Waals surface area contributed by atoms with Crippen molar-refractivity contribution >= 4 is 17.2 Å². The molecule has 0 aliphatic carbocycles. The van der Waals surface area contributed by atoms with E-state index in [1.165, 1.54) is 0 Å². The average molecular weight is 210 g/mol. The maximum Gasteiger partial charge on any atom is 0.252 e. The molecule has 4 heteroatoms. The predicted molar refractivity (Wildman–Crippen MR) is 57.7 cm³/mol. The minimum absolute atomic E-state index is 0.0393. The third-order valence-electron chi connectivity index (χ3n) is 2.57. The molecule has 1 amide bonds. The van der Waals surface area contributed by atoms with Gasteiger partial charge >= 0.3 is 0 Å². The molecule has 1 saturated heterocycles. The Labute approximate surface area is 87.5 Å². The third-order valence-corrected chi connectivity index (χ3v) is 3.25. The average Bonchev–Trinajstić information content (AvgIpc) is 2.74. The fraction of sp³-hybridized carbons (Fsp3) is 0.500. The summed E-state index contributed by atoms with van der Waals surface area (Å²) < 4.78 is 0. The monoisotopic (exact) mass is 210 g/mol. The van der Waals surface area contributed by atoms with Gasteiger partial charge in [0.15, 0.2) is 0 Å². The highest BCUT2D eigenvalue weighted by molar-refractivity contribution is 7.08. The van der Waals surface area contributed by atoms with Gasteiger partial charge in [0.25, 0.3) is 5.91 Å². The molecular weight excluding hydrogens is 196 g/mol. The minimum Gasteiger partial charge on any atom is -0.346 e. The zero-order valence-electron chi connectivity index (χ0n) is 8.17. The molecule has 1 aliphatic rings. The van der Waals surface area contributed by atoms with E-state index in [4.69, 9.17) is 0 Å². The minimum atomic E-state index is -0.0704. The lowest BCUT2D eigenvalue weighted by atomic mass is 10.0. The Kier molecular flexibility index (Phi) is 2.56. The number of rotatable bonds is 2. The van der Waals surface area contributed by atoms with Crippen molar-refractivity contribution in [2.24, 2.45) is 0 Å². The van der Waals surface area contributed by atoms with Gasteiger partial charge < -0.3 is 10.6 Å². The second-order valence-corrected chi connectivity index (χ2v) is 4.73. The molecule has 14 heavy (non-hydrogen) atoms. The molecule has 76 valence electrons. The summed E-state index contributed by atoms with van der Waals surface area (Å²) in [6.07, 6.45) is 1.00. The quantitative estimate of drug-likeness (QED) is 0.771. The molecule has 0 aromatic carbocycles. The van der Waals surface area contributed by atoms with E-state index in [1.54, 1.807) is 11.3 Å². The lowest BCUT2D eigenvalue weighted by Gasteiger charge is -2.24. The number of amides is 1. The molecule has 0 bridgehead atoms. The fourth-order valence-electron chi connectivity index (χ4n) is 1.66. The van der Waals surface area contributed by atoms with E-state index < -0.39 is 0 Å². The normalized spacial score (nSPS) is 26.4. The largest absolute Gasteiger partial charge is 0.346 e. The third kappa shape index (κ3) is 1.96. The van der Waals surface area contributed by atoms with Crippen LogP contribution in [0.5, 0.6) is 0 Å². The molecule has 1 fully saturated rings. The van der Waals surface area contributed by atoms with Crippen LogP contribution in [0.1, 0.15) is 23.7 Å². The number of carbonyl (C=O) groups is 1. The first kappa shape index (κ1) is 9.68. The fourth-order valence-corrected chi connectivity index (χ4v) is 2.30. The van der Waals surface area contributed by atoms with Crippen LogP contribution in [-0.4, -0.2) is 24.5 Å². The molecule has 0 saturated carbocycles. The van der Waals surface area contributed by atoms with Crippen molar-refractivity contribution in [2.75, 3.05) is 13.1 Å². The van der Waals surface area contributed by atoms with E-state index in [2.05, 4.69) is 17.6 Å². The summed E-state index contributed by atoms with van der Waals surface area (Å²) in [5, 5.41) is 10.1. The van der Waals surface area contributed by atoms with Crippen LogP contribution in [0.4, 0.5) is 0 Å². The maximum atomic E-state index is 11.7. The standard InChI is InChI=1S/C10H14N2OS/c1-10(3-4-11-7-10)12-9(13)8-2-5-14-6-8/h2,5-6,11H,3-4,7H2,1H3,(H,12,13). The second-order valence-electron chi connectivity index (χ2n) is 3.95. The van der Waals surface area contributed by atoms with Crippen molar-refractivity contribution < 1.29 is 4.79 Å². The molecule has 0 radical (unpaired) electrons. The van der Waals surface area contributed by atoms with E-state index in [0.717, 1.165) is 25.1 Å². The first-order valence-electron chi connectivity index (χ1n) is 4.75. The van der Waals surface area contributed by atoms with Gasteiger partial charge in [-0.15, -0.1) is 0 Å². The van der Waals surface area contributed by atoms with Gasteiger partial charge in [0.05, 0.1) is 11.1 Å². The first-order valence-corrected chi connectivity index (χ1v) is 5.69. The van der Waals surface area contributed by atoms with E-state index in [1.807, 2.05) is 16.8 Å². The van der Waals surface area contributed by atoms with Gasteiger partial charge in [0, 0.05) is 11.9 Å². The predicted octanol–water partition coefficient (Wildman–Crippen LogP) is 1.23. The number of hydrogen-bond acceptors (Lipinski definition) is 3. The summed E-state index contributed by atoms with van der Waals surface area (Å²) in [5.74, 6) is 0.0393. The Morgan fingerprint density at radius 1 is 1.71 bits per heavy atom. The molecule has 0 spiro atoms. The molecule has 1 aliphatic heterocycles. The maximum absolute atomic E-state index is 11.7. The van der Waals surface area contributed by atoms with E-state index >= 15 is 0 Å². The van der Waals surface area contributed by atoms with Gasteiger partial charge in [-0.25, -0.2) is 0 Å². The molecular formula is C10H14N2OS. The Bertz CT molecular complexity index is 315. The van der Waals surface area contributed by atoms with Crippen LogP contribution in [0.3, 0.4) is 0 Å². The van der Waals surface area contributed by atoms with Crippen molar-refractivity contribution in [3.63, 3.8) is 0 Å². The Balaban J connectivity index is 2.01. The Morgan fingerprint density at radius 2 is 2.57 bits per heavy atom. The molecule has 2 rings (SSSR count). The van der Waals surface area contributed by atoms with Gasteiger partial charge in [-0.1, -0.05) is 0 Å². The molecule has 1 unspecified atom stereocenters. The van der Waals surface area contributed by atoms with Gasteiger partial charge in [-0.05, 0) is 31.3 Å². The highest BCUT2D eigenvalue weighted by atomic mass is 32.1. The summed E-state index contributed by atoms with van der Waals surface area (Å²) in [4.78, 5) is 11.7. The summed E-state index contributed by atoms with van der Waals surface area (Å²) in [6.45, 7) is 3.93. The second kappa shape index (κ2) is 3.71. The van der Waals surface area contributed by atoms with Crippen LogP contribution in [0.25, 0.3) is 0 Å². The molecule has 1 atom stereocenters. The van der Waals surface area contributed by atoms with Crippen LogP contribution in [-0.2, 0) is 0 Å². The SMILES string of the molecule is CC1(NC(=O)c2ccsc2)CCNC1. The van der Waals surface area contributed by atoms with Crippen LogP contribution in [0, 0.1) is 0 Å². The molecule has 1 aromatic rings. The van der Waals surface area contributed by atoms with Crippen LogP contribution >= 0.6 is 11.3 Å². The van der Waals surface area contributed by atoms with Crippen LogP contribution < -0.4 is 10.6 Å². The van der Waals surface area contributed by atoms with Crippen LogP contribution in [0.15, 0.2) is 16.8 Å². The zero-order valence-corrected chi connectivity index (χ0v) is 8.99. The van der Waals surface area contributed by atoms with Crippen molar-refractivity contribution in [2.45, 2.75) is 18.9 Å². The number of hydrogen-bond donors (Lipinski definition) is 2. The van der Waals surface area contributed by atoms with Gasteiger partial charge in [-0.3, -0.25) is 4.79 Å². The van der Waals surface area contributed by atoms with E-state index in [9.17, 15) is 4.79 Å². The Hall–Kier alpha value is -0.870. The molecule has 1 aromatic heterocycles. The highest BCUT2D eigenvalue weighted by Gasteiger charge is 2.30. The van der Waals surface area contributed by atoms with Crippen molar-refractivity contribution in [3.05, 3.63) is 22.4 Å². The topological polar surface area (TPSA) is 41.1 Å². The lowest BCUT2D eigenvalue weighted by Crippen LogP contribution is -2.47. The summed E-state index contributed by atoms with van der Waals surface area (Å²) >= 11 is 1.55. The van der Waals surface area contributed by atoms with Gasteiger partial charge in [0.1, 0.15) is 0 Å². The van der Waals surface area contributed by atoms with Gasteiger partial charge in [-0.2, -0.15) is 11.3 Å². The van der Waals surface area contributed by atoms with E-state index in [-0.39, 0.29) is 11.4 Å². The lowest BCUT2D eigenvalue weighted by molar-refractivity contribution is 0.0913. The highest BCUT2D eigenvalue weighted by Crippen LogP contribution is 2.15. The van der Waals surface area contributed by atoms with Crippen molar-refractivity contribution in [1.82, 2.24) is 10.6 Å². The zero-order chi connectivity index (χ0) is 10.0. The van der Waals surface area contributed by atoms with E-state index in [0.29, 0.717) is 0 Å². The smallest absolute Gasteiger partial charge is 0.252 e. The Morgan fingerprint density at radius 3 is 3.14 bits per heavy atom. The number of thiophene rings is 1. The molecule has 3 nitrogen and oxygen atoms in total. The first-order chi connectivity index (χ1) is 6.70. The number of nitrogens with one attached hydrogen (secondary N) is 2. The van der Waals surface area contributed by atoms with Gasteiger partial charge in [0.2, 0.25) is 0 Å². The molecule has 2 heterocycles. The summed E-state index contributed by atoms with van der Waals surface area (Å²) in [5.41, 5.74) is 0.696. The number of carbonyl (C=O) groups excluding carboxylic acids is 1. The summed E-state index contributed by atoms with van der Waals surface area (Å²) in [6, 6.07) is 1.85. The van der Waals surface area contributed by atoms with Crippen molar-refractivity contribution in [1.29, 1.82) is 0 Å². The van der Waals surface area contributed by atoms with Crippen LogP contribution in [0.2, 0.25) is 0 Å². The summed E-state index contributed by atoms with van der Waals surface area (Å²) in [7, 11) is 0. The molecule has 2 N–H and O–H groups in total. The van der Waals surface area contributed by atoms with Crippen molar-refractivity contribution in [3.8, 4) is 0 Å².